The highest BCUT2D eigenvalue weighted by Gasteiger charge is 2.20. The maximum atomic E-state index is 13.1. The number of nitrogens with zero attached hydrogens (tertiary/aromatic N) is 3. The van der Waals surface area contributed by atoms with Crippen molar-refractivity contribution in [1.82, 2.24) is 20.1 Å². The minimum atomic E-state index is -0.883. The summed E-state index contributed by atoms with van der Waals surface area (Å²) in [6, 6.07) is 27.2. The fraction of sp³-hybridized carbons (Fsp3) is 0.152. The van der Waals surface area contributed by atoms with E-state index < -0.39 is 11.9 Å². The van der Waals surface area contributed by atoms with E-state index in [2.05, 4.69) is 47.6 Å². The zero-order valence-corrected chi connectivity index (χ0v) is 22.7. The molecule has 2 aromatic heterocycles. The van der Waals surface area contributed by atoms with E-state index in [9.17, 15) is 14.7 Å². The molecular formula is C33H31N5O3. The van der Waals surface area contributed by atoms with Crippen LogP contribution in [0.15, 0.2) is 103 Å². The number of carbonyl (C=O) groups is 2. The van der Waals surface area contributed by atoms with Crippen LogP contribution in [0.1, 0.15) is 32.7 Å². The lowest BCUT2D eigenvalue weighted by atomic mass is 10.0. The van der Waals surface area contributed by atoms with Crippen LogP contribution in [-0.4, -0.2) is 37.7 Å². The molecule has 0 aliphatic heterocycles. The molecule has 2 heterocycles. The van der Waals surface area contributed by atoms with Crippen molar-refractivity contribution in [2.75, 3.05) is 0 Å². The number of benzene rings is 3. The Morgan fingerprint density at radius 3 is 2.34 bits per heavy atom. The molecule has 1 unspecified atom stereocenters. The number of hydrogen-bond acceptors (Lipinski definition) is 5. The van der Waals surface area contributed by atoms with Crippen LogP contribution in [-0.2, 0) is 24.1 Å². The van der Waals surface area contributed by atoms with Crippen LogP contribution in [0.4, 0.5) is 0 Å². The van der Waals surface area contributed by atoms with Gasteiger partial charge in [0.25, 0.3) is 5.91 Å². The zero-order valence-electron chi connectivity index (χ0n) is 22.7. The van der Waals surface area contributed by atoms with Gasteiger partial charge in [-0.2, -0.15) is 5.10 Å². The smallest absolute Gasteiger partial charge is 0.251 e. The first kappa shape index (κ1) is 27.3. The second-order valence-corrected chi connectivity index (χ2v) is 10.0. The molecule has 206 valence electrons. The van der Waals surface area contributed by atoms with Gasteiger partial charge < -0.3 is 16.2 Å². The number of nitrogens with two attached hydrogens (primary N) is 1. The fourth-order valence-corrected chi connectivity index (χ4v) is 4.64. The van der Waals surface area contributed by atoms with Crippen LogP contribution >= 0.6 is 0 Å². The van der Waals surface area contributed by atoms with Crippen LogP contribution in [0.2, 0.25) is 0 Å². The summed E-state index contributed by atoms with van der Waals surface area (Å²) in [7, 11) is 0. The van der Waals surface area contributed by atoms with Gasteiger partial charge in [0, 0.05) is 35.6 Å². The van der Waals surface area contributed by atoms with Crippen LogP contribution in [0.3, 0.4) is 0 Å². The number of phenolic OH excluding ortho intramolecular Hbond substituents is 1. The molecule has 0 aliphatic rings. The summed E-state index contributed by atoms with van der Waals surface area (Å²) < 4.78 is 1.96. The van der Waals surface area contributed by atoms with Crippen LogP contribution < -0.4 is 11.1 Å². The normalized spacial score (nSPS) is 11.6. The van der Waals surface area contributed by atoms with Gasteiger partial charge >= 0.3 is 0 Å². The van der Waals surface area contributed by atoms with Gasteiger partial charge in [0.2, 0.25) is 5.91 Å². The zero-order chi connectivity index (χ0) is 28.8. The minimum absolute atomic E-state index is 0.126. The molecule has 5 aromatic rings. The Morgan fingerprint density at radius 1 is 0.902 bits per heavy atom. The SMILES string of the molecule is Cc1ccc(-n2nc(-c3ccncc3)cc2CCc2cccc(C(=O)NC(Cc3ccc(O)cc3)C(N)=O)c2)cc1. The van der Waals surface area contributed by atoms with Gasteiger partial charge in [-0.3, -0.25) is 14.6 Å². The molecule has 5 rings (SSSR count). The highest BCUT2D eigenvalue weighted by molar-refractivity contribution is 5.97. The lowest BCUT2D eigenvalue weighted by Crippen LogP contribution is -2.45. The summed E-state index contributed by atoms with van der Waals surface area (Å²) in [5, 5.41) is 17.2. The van der Waals surface area contributed by atoms with E-state index in [1.807, 2.05) is 35.0 Å². The van der Waals surface area contributed by atoms with Crippen molar-refractivity contribution < 1.29 is 14.7 Å². The van der Waals surface area contributed by atoms with Gasteiger partial charge in [-0.25, -0.2) is 4.68 Å². The average Bonchev–Trinajstić information content (AvgIpc) is 3.42. The monoisotopic (exact) mass is 545 g/mol. The van der Waals surface area contributed by atoms with Gasteiger partial charge in [-0.1, -0.05) is 42.0 Å². The number of nitrogens with one attached hydrogen (secondary N) is 1. The maximum absolute atomic E-state index is 13.1. The van der Waals surface area contributed by atoms with Gasteiger partial charge in [-0.15, -0.1) is 0 Å². The standard InChI is InChI=1S/C33H31N5O3/c1-22-5-10-27(11-6-22)38-28(21-30(37-38)25-15-17-35-18-16-25)12-7-23-3-2-4-26(19-23)33(41)36-31(32(34)40)20-24-8-13-29(39)14-9-24/h2-6,8-11,13-19,21,31,39H,7,12,20H2,1H3,(H2,34,40)(H,36,41). The molecule has 0 radical (unpaired) electrons. The summed E-state index contributed by atoms with van der Waals surface area (Å²) in [6.45, 7) is 2.05. The number of aromatic nitrogens is 3. The number of pyridine rings is 1. The van der Waals surface area contributed by atoms with Crippen molar-refractivity contribution in [3.63, 3.8) is 0 Å². The molecule has 8 heteroatoms. The number of primary amides is 1. The van der Waals surface area contributed by atoms with Crippen LogP contribution in [0, 0.1) is 6.92 Å². The average molecular weight is 546 g/mol. The third kappa shape index (κ3) is 6.86. The van der Waals surface area contributed by atoms with Gasteiger partial charge in [0.15, 0.2) is 0 Å². The lowest BCUT2D eigenvalue weighted by Gasteiger charge is -2.16. The Balaban J connectivity index is 1.32. The molecule has 0 spiro atoms. The molecule has 1 atom stereocenters. The Bertz CT molecular complexity index is 1650. The quantitative estimate of drug-likeness (QED) is 0.237. The largest absolute Gasteiger partial charge is 0.508 e. The van der Waals surface area contributed by atoms with E-state index in [1.54, 1.807) is 30.6 Å². The second kappa shape index (κ2) is 12.3. The van der Waals surface area contributed by atoms with E-state index in [1.165, 1.54) is 17.7 Å². The topological polar surface area (TPSA) is 123 Å². The van der Waals surface area contributed by atoms with Gasteiger partial charge in [0.1, 0.15) is 11.8 Å². The molecule has 0 saturated heterocycles. The van der Waals surface area contributed by atoms with Gasteiger partial charge in [0.05, 0.1) is 11.4 Å². The number of aromatic hydroxyl groups is 1. The molecule has 0 saturated carbocycles. The van der Waals surface area contributed by atoms with Crippen molar-refractivity contribution in [1.29, 1.82) is 0 Å². The first-order valence-electron chi connectivity index (χ1n) is 13.4. The van der Waals surface area contributed by atoms with Crippen molar-refractivity contribution in [2.24, 2.45) is 5.73 Å². The highest BCUT2D eigenvalue weighted by Crippen LogP contribution is 2.23. The molecular weight excluding hydrogens is 514 g/mol. The number of aryl methyl sites for hydroxylation is 3. The third-order valence-electron chi connectivity index (χ3n) is 6.92. The maximum Gasteiger partial charge on any atom is 0.251 e. The van der Waals surface area contributed by atoms with Crippen molar-refractivity contribution in [3.05, 3.63) is 131 Å². The summed E-state index contributed by atoms with van der Waals surface area (Å²) in [6.07, 6.45) is 5.11. The van der Waals surface area contributed by atoms with Crippen molar-refractivity contribution in [2.45, 2.75) is 32.2 Å². The first-order valence-corrected chi connectivity index (χ1v) is 13.4. The van der Waals surface area contributed by atoms with E-state index in [-0.39, 0.29) is 18.1 Å². The number of carbonyl (C=O) groups excluding carboxylic acids is 2. The summed E-state index contributed by atoms with van der Waals surface area (Å²) in [5.41, 5.74) is 12.8. The Morgan fingerprint density at radius 2 is 1.63 bits per heavy atom. The molecule has 0 bridgehead atoms. The van der Waals surface area contributed by atoms with Crippen molar-refractivity contribution >= 4 is 11.8 Å². The molecule has 0 fully saturated rings. The second-order valence-electron chi connectivity index (χ2n) is 10.0. The summed E-state index contributed by atoms with van der Waals surface area (Å²) in [4.78, 5) is 29.3. The molecule has 8 nitrogen and oxygen atoms in total. The van der Waals surface area contributed by atoms with E-state index in [0.717, 1.165) is 33.8 Å². The number of amides is 2. The summed E-state index contributed by atoms with van der Waals surface area (Å²) >= 11 is 0. The molecule has 2 amide bonds. The van der Waals surface area contributed by atoms with E-state index in [0.29, 0.717) is 18.4 Å². The number of rotatable bonds is 10. The molecule has 41 heavy (non-hydrogen) atoms. The Labute approximate surface area is 238 Å². The number of hydrogen-bond donors (Lipinski definition) is 3. The van der Waals surface area contributed by atoms with Crippen LogP contribution in [0.5, 0.6) is 5.75 Å². The van der Waals surface area contributed by atoms with E-state index in [4.69, 9.17) is 10.8 Å². The summed E-state index contributed by atoms with van der Waals surface area (Å²) in [5.74, 6) is -0.878. The highest BCUT2D eigenvalue weighted by atomic mass is 16.3. The molecule has 0 aliphatic carbocycles. The Kier molecular flexibility index (Phi) is 8.20. The van der Waals surface area contributed by atoms with Crippen LogP contribution in [0.25, 0.3) is 16.9 Å². The fourth-order valence-electron chi connectivity index (χ4n) is 4.64. The molecule has 4 N–H and O–H groups in total. The Hall–Kier alpha value is -5.24. The predicted octanol–water partition coefficient (Wildman–Crippen LogP) is 4.56. The lowest BCUT2D eigenvalue weighted by molar-refractivity contribution is -0.119. The third-order valence-corrected chi connectivity index (χ3v) is 6.92. The number of phenols is 1. The first-order chi connectivity index (χ1) is 19.9. The molecule has 3 aromatic carbocycles. The predicted molar refractivity (Wildman–Crippen MR) is 158 cm³/mol. The van der Waals surface area contributed by atoms with Gasteiger partial charge in [-0.05, 0) is 85.5 Å². The van der Waals surface area contributed by atoms with Crippen molar-refractivity contribution in [3.8, 4) is 22.7 Å². The minimum Gasteiger partial charge on any atom is -0.508 e. The van der Waals surface area contributed by atoms with E-state index >= 15 is 0 Å².